The van der Waals surface area contributed by atoms with Gasteiger partial charge in [-0.25, -0.2) is 18.0 Å². The number of amides is 1. The fraction of sp³-hybridized carbons (Fsp3) is 0.167. The van der Waals surface area contributed by atoms with Crippen LogP contribution in [0, 0.1) is 17.5 Å². The van der Waals surface area contributed by atoms with Gasteiger partial charge in [-0.1, -0.05) is 5.16 Å². The predicted molar refractivity (Wildman–Crippen MR) is 92.4 cm³/mol. The van der Waals surface area contributed by atoms with Crippen LogP contribution in [0.3, 0.4) is 0 Å². The van der Waals surface area contributed by atoms with E-state index in [2.05, 4.69) is 9.89 Å². The summed E-state index contributed by atoms with van der Waals surface area (Å²) in [5, 5.41) is 5.52. The van der Waals surface area contributed by atoms with Crippen molar-refractivity contribution >= 4 is 23.8 Å². The first-order valence-corrected chi connectivity index (χ1v) is 7.79. The molecule has 0 atom stereocenters. The number of ether oxygens (including phenoxy) is 2. The Bertz CT molecular complexity index is 872. The third-order valence-corrected chi connectivity index (χ3v) is 3.25. The van der Waals surface area contributed by atoms with Crippen LogP contribution in [0.5, 0.6) is 5.75 Å². The highest BCUT2D eigenvalue weighted by molar-refractivity contribution is 5.93. The molecule has 0 bridgehead atoms. The second kappa shape index (κ2) is 9.95. The van der Waals surface area contributed by atoms with Crippen LogP contribution in [0.2, 0.25) is 0 Å². The second-order valence-electron chi connectivity index (χ2n) is 5.21. The molecule has 2 rings (SSSR count). The van der Waals surface area contributed by atoms with Crippen LogP contribution in [-0.2, 0) is 19.2 Å². The minimum Gasteiger partial charge on any atom is -0.497 e. The van der Waals surface area contributed by atoms with Gasteiger partial charge in [0.2, 0.25) is 6.61 Å². The quantitative estimate of drug-likeness (QED) is 0.321. The monoisotopic (exact) mass is 396 g/mol. The number of hydrogen-bond acceptors (Lipinski definition) is 6. The highest BCUT2D eigenvalue weighted by Crippen LogP contribution is 2.19. The third kappa shape index (κ3) is 6.01. The highest BCUT2D eigenvalue weighted by atomic mass is 19.2. The number of esters is 1. The van der Waals surface area contributed by atoms with E-state index in [4.69, 9.17) is 9.57 Å². The number of carbonyl (C=O) groups is 2. The van der Waals surface area contributed by atoms with E-state index in [1.807, 2.05) is 5.32 Å². The molecule has 0 radical (unpaired) electrons. The van der Waals surface area contributed by atoms with Crippen LogP contribution in [0.1, 0.15) is 5.56 Å². The van der Waals surface area contributed by atoms with Gasteiger partial charge < -0.3 is 19.6 Å². The Morgan fingerprint density at radius 2 is 1.75 bits per heavy atom. The van der Waals surface area contributed by atoms with E-state index in [0.29, 0.717) is 17.4 Å². The number of anilines is 1. The van der Waals surface area contributed by atoms with E-state index in [0.717, 1.165) is 6.07 Å². The lowest BCUT2D eigenvalue weighted by Crippen LogP contribution is -2.23. The molecule has 0 aliphatic carbocycles. The van der Waals surface area contributed by atoms with Crippen molar-refractivity contribution in [3.05, 3.63) is 59.4 Å². The Morgan fingerprint density at radius 3 is 2.43 bits per heavy atom. The minimum atomic E-state index is -1.72. The smallest absolute Gasteiger partial charge is 0.347 e. The van der Waals surface area contributed by atoms with Crippen molar-refractivity contribution in [2.75, 3.05) is 25.6 Å². The van der Waals surface area contributed by atoms with E-state index < -0.39 is 48.2 Å². The number of methoxy groups -OCH3 is 1. The number of nitrogens with zero attached hydrogens (tertiary/aromatic N) is 1. The van der Waals surface area contributed by atoms with Crippen LogP contribution in [-0.4, -0.2) is 38.4 Å². The van der Waals surface area contributed by atoms with Crippen LogP contribution in [0.4, 0.5) is 18.9 Å². The lowest BCUT2D eigenvalue weighted by Gasteiger charge is -2.07. The summed E-state index contributed by atoms with van der Waals surface area (Å²) in [6.07, 6.45) is 1.35. The molecule has 0 heterocycles. The van der Waals surface area contributed by atoms with Crippen molar-refractivity contribution in [2.24, 2.45) is 5.16 Å². The SMILES string of the molecule is COc1ccc(/C=N\OCC(=O)OCC(=O)Nc2ccc(F)c(F)c2F)cc1. The number of carbonyl (C=O) groups excluding carboxylic acids is 2. The molecule has 0 saturated heterocycles. The van der Waals surface area contributed by atoms with Crippen LogP contribution in [0.25, 0.3) is 0 Å². The van der Waals surface area contributed by atoms with Gasteiger partial charge in [0.15, 0.2) is 24.1 Å². The van der Waals surface area contributed by atoms with E-state index in [9.17, 15) is 22.8 Å². The molecule has 0 spiro atoms. The summed E-state index contributed by atoms with van der Waals surface area (Å²) in [7, 11) is 1.53. The third-order valence-electron chi connectivity index (χ3n) is 3.25. The maximum absolute atomic E-state index is 13.4. The molecule has 0 aromatic heterocycles. The fourth-order valence-electron chi connectivity index (χ4n) is 1.87. The van der Waals surface area contributed by atoms with Gasteiger partial charge in [-0.05, 0) is 42.0 Å². The maximum Gasteiger partial charge on any atom is 0.347 e. The Hall–Kier alpha value is -3.56. The average molecular weight is 396 g/mol. The lowest BCUT2D eigenvalue weighted by molar-refractivity contribution is -0.151. The summed E-state index contributed by atoms with van der Waals surface area (Å²) in [6, 6.07) is 8.34. The van der Waals surface area contributed by atoms with Crippen molar-refractivity contribution in [1.82, 2.24) is 0 Å². The van der Waals surface area contributed by atoms with E-state index in [1.165, 1.54) is 13.3 Å². The van der Waals surface area contributed by atoms with Gasteiger partial charge in [0.05, 0.1) is 19.0 Å². The van der Waals surface area contributed by atoms with E-state index in [1.54, 1.807) is 24.3 Å². The van der Waals surface area contributed by atoms with Gasteiger partial charge in [0.1, 0.15) is 5.75 Å². The first kappa shape index (κ1) is 20.7. The molecule has 0 aliphatic rings. The zero-order chi connectivity index (χ0) is 20.5. The lowest BCUT2D eigenvalue weighted by atomic mass is 10.2. The zero-order valence-corrected chi connectivity index (χ0v) is 14.6. The van der Waals surface area contributed by atoms with E-state index in [-0.39, 0.29) is 0 Å². The molecular formula is C18H15F3N2O5. The number of nitrogens with one attached hydrogen (secondary N) is 1. The Kier molecular flexibility index (Phi) is 7.37. The van der Waals surface area contributed by atoms with Crippen molar-refractivity contribution in [1.29, 1.82) is 0 Å². The van der Waals surface area contributed by atoms with Crippen molar-refractivity contribution in [3.8, 4) is 5.75 Å². The Morgan fingerprint density at radius 1 is 1.04 bits per heavy atom. The molecule has 1 N–H and O–H groups in total. The van der Waals surface area contributed by atoms with Crippen LogP contribution in [0.15, 0.2) is 41.6 Å². The summed E-state index contributed by atoms with van der Waals surface area (Å²) < 4.78 is 48.9. The normalized spacial score (nSPS) is 10.6. The summed E-state index contributed by atoms with van der Waals surface area (Å²) in [5.41, 5.74) is 0.113. The van der Waals surface area contributed by atoms with E-state index >= 15 is 0 Å². The standard InChI is InChI=1S/C18H15F3N2O5/c1-26-12-4-2-11(3-5-12)8-22-28-10-16(25)27-9-15(24)23-14-7-6-13(19)17(20)18(14)21/h2-8H,9-10H2,1H3,(H,23,24)/b22-8-. The molecule has 28 heavy (non-hydrogen) atoms. The Balaban J connectivity index is 1.72. The van der Waals surface area contributed by atoms with Crippen molar-refractivity contribution < 1.29 is 37.1 Å². The van der Waals surface area contributed by atoms with Crippen molar-refractivity contribution in [3.63, 3.8) is 0 Å². The molecule has 2 aromatic rings. The Labute approximate surface area is 157 Å². The number of rotatable bonds is 8. The minimum absolute atomic E-state index is 0.570. The summed E-state index contributed by atoms with van der Waals surface area (Å²) in [4.78, 5) is 27.8. The van der Waals surface area contributed by atoms with Crippen LogP contribution < -0.4 is 10.1 Å². The number of halogens is 3. The van der Waals surface area contributed by atoms with Gasteiger partial charge in [-0.2, -0.15) is 0 Å². The van der Waals surface area contributed by atoms with Crippen LogP contribution >= 0.6 is 0 Å². The molecule has 7 nitrogen and oxygen atoms in total. The first-order valence-electron chi connectivity index (χ1n) is 7.79. The molecule has 0 aliphatic heterocycles. The second-order valence-corrected chi connectivity index (χ2v) is 5.21. The zero-order valence-electron chi connectivity index (χ0n) is 14.6. The average Bonchev–Trinajstić information content (AvgIpc) is 2.70. The molecule has 0 saturated carbocycles. The largest absolute Gasteiger partial charge is 0.497 e. The molecular weight excluding hydrogens is 381 g/mol. The topological polar surface area (TPSA) is 86.2 Å². The molecule has 0 fully saturated rings. The molecule has 10 heteroatoms. The molecule has 148 valence electrons. The van der Waals surface area contributed by atoms with Gasteiger partial charge in [-0.3, -0.25) is 4.79 Å². The highest BCUT2D eigenvalue weighted by Gasteiger charge is 2.16. The fourth-order valence-corrected chi connectivity index (χ4v) is 1.87. The first-order chi connectivity index (χ1) is 13.4. The summed E-state index contributed by atoms with van der Waals surface area (Å²) in [5.74, 6) is -5.86. The molecule has 1 amide bonds. The maximum atomic E-state index is 13.4. The van der Waals surface area contributed by atoms with Gasteiger partial charge in [0.25, 0.3) is 5.91 Å². The van der Waals surface area contributed by atoms with Gasteiger partial charge >= 0.3 is 5.97 Å². The number of oxime groups is 1. The predicted octanol–water partition coefficient (Wildman–Crippen LogP) is 2.64. The van der Waals surface area contributed by atoms with Gasteiger partial charge in [-0.15, -0.1) is 0 Å². The number of hydrogen-bond donors (Lipinski definition) is 1. The van der Waals surface area contributed by atoms with Gasteiger partial charge in [0, 0.05) is 0 Å². The summed E-state index contributed by atoms with van der Waals surface area (Å²) in [6.45, 7) is -1.34. The van der Waals surface area contributed by atoms with Crippen molar-refractivity contribution in [2.45, 2.75) is 0 Å². The molecule has 2 aromatic carbocycles. The summed E-state index contributed by atoms with van der Waals surface area (Å²) >= 11 is 0. The number of benzene rings is 2. The molecule has 0 unspecified atom stereocenters.